The highest BCUT2D eigenvalue weighted by Crippen LogP contribution is 2.29. The van der Waals surface area contributed by atoms with Gasteiger partial charge in [0.1, 0.15) is 6.04 Å². The lowest BCUT2D eigenvalue weighted by Gasteiger charge is -2.14. The van der Waals surface area contributed by atoms with E-state index in [-0.39, 0.29) is 5.69 Å². The molecule has 0 saturated carbocycles. The fourth-order valence-electron chi connectivity index (χ4n) is 1.84. The third-order valence-corrected chi connectivity index (χ3v) is 3.14. The van der Waals surface area contributed by atoms with E-state index >= 15 is 0 Å². The second kappa shape index (κ2) is 7.12. The molecule has 0 radical (unpaired) electrons. The van der Waals surface area contributed by atoms with Crippen molar-refractivity contribution in [2.75, 3.05) is 5.32 Å². The van der Waals surface area contributed by atoms with Gasteiger partial charge in [-0.1, -0.05) is 0 Å². The van der Waals surface area contributed by atoms with Crippen molar-refractivity contribution in [3.05, 3.63) is 59.9 Å². The fourth-order valence-corrected chi connectivity index (χ4v) is 1.84. The Hall–Kier alpha value is -2.90. The van der Waals surface area contributed by atoms with Crippen LogP contribution in [0.2, 0.25) is 0 Å². The topological polar surface area (TPSA) is 71.1 Å². The average molecular weight is 337 g/mol. The first-order chi connectivity index (χ1) is 11.3. The normalized spacial score (nSPS) is 12.3. The van der Waals surface area contributed by atoms with Crippen LogP contribution >= 0.6 is 0 Å². The number of aromatic nitrogens is 1. The molecule has 0 unspecified atom stereocenters. The van der Waals surface area contributed by atoms with Gasteiger partial charge in [0.2, 0.25) is 5.91 Å². The standard InChI is InChI=1S/C16H14F3N3O2/c1-10(21-15(24)11-3-2-8-20-9-11)14(23)22-13-6-4-12(5-7-13)16(17,18)19/h2-10H,1H3,(H,21,24)(H,22,23)/t10-/m1/s1. The van der Waals surface area contributed by atoms with Crippen LogP contribution in [0.15, 0.2) is 48.8 Å². The van der Waals surface area contributed by atoms with Gasteiger partial charge >= 0.3 is 6.18 Å². The molecule has 8 heteroatoms. The Morgan fingerprint density at radius 2 is 1.79 bits per heavy atom. The van der Waals surface area contributed by atoms with Gasteiger partial charge in [-0.15, -0.1) is 0 Å². The van der Waals surface area contributed by atoms with Crippen molar-refractivity contribution in [2.24, 2.45) is 0 Å². The Labute approximate surface area is 135 Å². The van der Waals surface area contributed by atoms with Crippen LogP contribution in [-0.4, -0.2) is 22.8 Å². The van der Waals surface area contributed by atoms with Gasteiger partial charge in [-0.2, -0.15) is 13.2 Å². The quantitative estimate of drug-likeness (QED) is 0.901. The predicted molar refractivity (Wildman–Crippen MR) is 81.2 cm³/mol. The first-order valence-electron chi connectivity index (χ1n) is 6.96. The minimum Gasteiger partial charge on any atom is -0.340 e. The van der Waals surface area contributed by atoms with Gasteiger partial charge in [-0.05, 0) is 43.3 Å². The number of benzene rings is 1. The molecule has 2 aromatic rings. The summed E-state index contributed by atoms with van der Waals surface area (Å²) in [5, 5.41) is 4.92. The maximum atomic E-state index is 12.5. The molecule has 1 aromatic heterocycles. The smallest absolute Gasteiger partial charge is 0.340 e. The molecule has 0 aliphatic rings. The number of carbonyl (C=O) groups excluding carboxylic acids is 2. The average Bonchev–Trinajstić information content (AvgIpc) is 2.55. The van der Waals surface area contributed by atoms with Crippen molar-refractivity contribution >= 4 is 17.5 Å². The highest BCUT2D eigenvalue weighted by molar-refractivity contribution is 6.00. The molecule has 1 atom stereocenters. The van der Waals surface area contributed by atoms with Gasteiger partial charge < -0.3 is 10.6 Å². The van der Waals surface area contributed by atoms with Crippen LogP contribution < -0.4 is 10.6 Å². The van der Waals surface area contributed by atoms with Gasteiger partial charge in [0.05, 0.1) is 11.1 Å². The minimum atomic E-state index is -4.44. The highest BCUT2D eigenvalue weighted by Gasteiger charge is 2.30. The molecule has 5 nitrogen and oxygen atoms in total. The monoisotopic (exact) mass is 337 g/mol. The van der Waals surface area contributed by atoms with Gasteiger partial charge in [0, 0.05) is 18.1 Å². The highest BCUT2D eigenvalue weighted by atomic mass is 19.4. The molecular weight excluding hydrogens is 323 g/mol. The zero-order valence-corrected chi connectivity index (χ0v) is 12.6. The fraction of sp³-hybridized carbons (Fsp3) is 0.188. The first-order valence-corrected chi connectivity index (χ1v) is 6.96. The van der Waals surface area contributed by atoms with E-state index in [0.717, 1.165) is 24.3 Å². The summed E-state index contributed by atoms with van der Waals surface area (Å²) < 4.78 is 37.4. The zero-order chi connectivity index (χ0) is 17.7. The summed E-state index contributed by atoms with van der Waals surface area (Å²) in [6.45, 7) is 1.47. The van der Waals surface area contributed by atoms with Crippen molar-refractivity contribution in [3.63, 3.8) is 0 Å². The molecule has 24 heavy (non-hydrogen) atoms. The Morgan fingerprint density at radius 3 is 2.33 bits per heavy atom. The molecule has 0 aliphatic heterocycles. The number of anilines is 1. The predicted octanol–water partition coefficient (Wildman–Crippen LogP) is 2.86. The maximum absolute atomic E-state index is 12.5. The Morgan fingerprint density at radius 1 is 1.12 bits per heavy atom. The number of hydrogen-bond donors (Lipinski definition) is 2. The van der Waals surface area contributed by atoms with E-state index < -0.39 is 29.6 Å². The van der Waals surface area contributed by atoms with Gasteiger partial charge in [-0.3, -0.25) is 14.6 Å². The first kappa shape index (κ1) is 17.5. The van der Waals surface area contributed by atoms with E-state index in [0.29, 0.717) is 5.56 Å². The van der Waals surface area contributed by atoms with E-state index in [1.165, 1.54) is 19.3 Å². The van der Waals surface area contributed by atoms with Gasteiger partial charge in [0.25, 0.3) is 5.91 Å². The number of nitrogens with one attached hydrogen (secondary N) is 2. The van der Waals surface area contributed by atoms with Crippen molar-refractivity contribution < 1.29 is 22.8 Å². The van der Waals surface area contributed by atoms with E-state index in [1.807, 2.05) is 0 Å². The van der Waals surface area contributed by atoms with Gasteiger partial charge in [0.15, 0.2) is 0 Å². The van der Waals surface area contributed by atoms with Crippen LogP contribution in [-0.2, 0) is 11.0 Å². The van der Waals surface area contributed by atoms with Crippen molar-refractivity contribution in [3.8, 4) is 0 Å². The van der Waals surface area contributed by atoms with Crippen LogP contribution in [0.1, 0.15) is 22.8 Å². The Bertz CT molecular complexity index is 716. The number of alkyl halides is 3. The lowest BCUT2D eigenvalue weighted by atomic mass is 10.2. The zero-order valence-electron chi connectivity index (χ0n) is 12.6. The van der Waals surface area contributed by atoms with E-state index in [4.69, 9.17) is 0 Å². The maximum Gasteiger partial charge on any atom is 0.416 e. The third-order valence-electron chi connectivity index (χ3n) is 3.14. The number of pyridine rings is 1. The molecule has 0 spiro atoms. The molecule has 0 saturated heterocycles. The number of halogens is 3. The van der Waals surface area contributed by atoms with Crippen molar-refractivity contribution in [2.45, 2.75) is 19.1 Å². The molecule has 0 aliphatic carbocycles. The van der Waals surface area contributed by atoms with Crippen molar-refractivity contribution in [1.82, 2.24) is 10.3 Å². The van der Waals surface area contributed by atoms with E-state index in [1.54, 1.807) is 12.1 Å². The lowest BCUT2D eigenvalue weighted by Crippen LogP contribution is -2.41. The number of nitrogens with zero attached hydrogens (tertiary/aromatic N) is 1. The second-order valence-corrected chi connectivity index (χ2v) is 5.00. The largest absolute Gasteiger partial charge is 0.416 e. The molecule has 0 bridgehead atoms. The molecule has 1 heterocycles. The summed E-state index contributed by atoms with van der Waals surface area (Å²) in [7, 11) is 0. The summed E-state index contributed by atoms with van der Waals surface area (Å²) in [6.07, 6.45) is -1.57. The summed E-state index contributed by atoms with van der Waals surface area (Å²) in [5.41, 5.74) is -0.305. The molecule has 2 rings (SSSR count). The molecule has 126 valence electrons. The van der Waals surface area contributed by atoms with Gasteiger partial charge in [-0.25, -0.2) is 0 Å². The van der Waals surface area contributed by atoms with Crippen LogP contribution in [0.5, 0.6) is 0 Å². The number of hydrogen-bond acceptors (Lipinski definition) is 3. The molecule has 0 fully saturated rings. The van der Waals surface area contributed by atoms with Crippen LogP contribution in [0.3, 0.4) is 0 Å². The van der Waals surface area contributed by atoms with Crippen molar-refractivity contribution in [1.29, 1.82) is 0 Å². The number of amides is 2. The number of carbonyl (C=O) groups is 2. The van der Waals surface area contributed by atoms with E-state index in [2.05, 4.69) is 15.6 Å². The second-order valence-electron chi connectivity index (χ2n) is 5.00. The molecular formula is C16H14F3N3O2. The van der Waals surface area contributed by atoms with Crippen LogP contribution in [0.4, 0.5) is 18.9 Å². The summed E-state index contributed by atoms with van der Waals surface area (Å²) >= 11 is 0. The Balaban J connectivity index is 1.95. The summed E-state index contributed by atoms with van der Waals surface area (Å²) in [4.78, 5) is 27.7. The molecule has 2 N–H and O–H groups in total. The Kier molecular flexibility index (Phi) is 5.18. The lowest BCUT2D eigenvalue weighted by molar-refractivity contribution is -0.137. The summed E-state index contributed by atoms with van der Waals surface area (Å²) in [5.74, 6) is -1.02. The molecule has 1 aromatic carbocycles. The molecule has 2 amide bonds. The number of rotatable bonds is 4. The SMILES string of the molecule is C[C@@H](NC(=O)c1cccnc1)C(=O)Nc1ccc(C(F)(F)F)cc1. The van der Waals surface area contributed by atoms with E-state index in [9.17, 15) is 22.8 Å². The minimum absolute atomic E-state index is 0.204. The van der Waals surface area contributed by atoms with Crippen LogP contribution in [0.25, 0.3) is 0 Å². The summed E-state index contributed by atoms with van der Waals surface area (Å²) in [6, 6.07) is 6.29. The van der Waals surface area contributed by atoms with Crippen LogP contribution in [0, 0.1) is 0 Å². The third kappa shape index (κ3) is 4.55.